The molecule has 22 heavy (non-hydrogen) atoms. The number of aryl methyl sites for hydroxylation is 2. The lowest BCUT2D eigenvalue weighted by Gasteiger charge is -2.02. The summed E-state index contributed by atoms with van der Waals surface area (Å²) in [6, 6.07) is 5.83. The Morgan fingerprint density at radius 3 is 2.82 bits per heavy atom. The first kappa shape index (κ1) is 14.1. The van der Waals surface area contributed by atoms with Crippen molar-refractivity contribution >= 4 is 16.8 Å². The second-order valence-electron chi connectivity index (χ2n) is 5.34. The van der Waals surface area contributed by atoms with Gasteiger partial charge in [-0.1, -0.05) is 6.07 Å². The zero-order valence-electron chi connectivity index (χ0n) is 12.7. The van der Waals surface area contributed by atoms with Crippen LogP contribution < -0.4 is 11.0 Å². The smallest absolute Gasteiger partial charge is 0.343 e. The molecule has 114 valence electrons. The summed E-state index contributed by atoms with van der Waals surface area (Å²) >= 11 is 0. The summed E-state index contributed by atoms with van der Waals surface area (Å²) in [6.45, 7) is 4.26. The molecule has 0 fully saturated rings. The first-order valence-corrected chi connectivity index (χ1v) is 6.95. The van der Waals surface area contributed by atoms with E-state index in [2.05, 4.69) is 20.5 Å². The van der Waals surface area contributed by atoms with Gasteiger partial charge in [0.1, 0.15) is 5.69 Å². The van der Waals surface area contributed by atoms with E-state index in [0.29, 0.717) is 11.5 Å². The minimum absolute atomic E-state index is 0.182. The van der Waals surface area contributed by atoms with E-state index >= 15 is 0 Å². The minimum atomic E-state index is -0.305. The van der Waals surface area contributed by atoms with Crippen molar-refractivity contribution in [2.75, 3.05) is 0 Å². The Hall–Kier alpha value is -2.83. The van der Waals surface area contributed by atoms with Gasteiger partial charge in [0.25, 0.3) is 5.91 Å². The zero-order chi connectivity index (χ0) is 15.9. The Kier molecular flexibility index (Phi) is 3.32. The highest BCUT2D eigenvalue weighted by Crippen LogP contribution is 2.22. The van der Waals surface area contributed by atoms with Crippen molar-refractivity contribution in [3.05, 3.63) is 51.3 Å². The molecule has 2 aromatic heterocycles. The Morgan fingerprint density at radius 1 is 1.36 bits per heavy atom. The second-order valence-corrected chi connectivity index (χ2v) is 5.34. The molecule has 1 amide bonds. The van der Waals surface area contributed by atoms with Crippen LogP contribution in [0.25, 0.3) is 10.9 Å². The predicted molar refractivity (Wildman–Crippen MR) is 82.8 cm³/mol. The van der Waals surface area contributed by atoms with Crippen LogP contribution in [0.1, 0.15) is 27.4 Å². The summed E-state index contributed by atoms with van der Waals surface area (Å²) in [6.07, 6.45) is 0. The van der Waals surface area contributed by atoms with E-state index in [4.69, 9.17) is 0 Å². The summed E-state index contributed by atoms with van der Waals surface area (Å²) in [5, 5.41) is 9.98. The lowest BCUT2D eigenvalue weighted by atomic mass is 10.1. The molecule has 1 aromatic carbocycles. The minimum Gasteiger partial charge on any atom is -0.351 e. The lowest BCUT2D eigenvalue weighted by Crippen LogP contribution is -2.26. The van der Waals surface area contributed by atoms with Crippen molar-refractivity contribution in [3.63, 3.8) is 0 Å². The van der Waals surface area contributed by atoms with Crippen molar-refractivity contribution in [2.24, 2.45) is 7.05 Å². The number of hydrogen-bond donors (Lipinski definition) is 3. The standard InChI is InChI=1S/C15H17N5O2/c1-8-4-5-11-10(9(8)2)6-12(17-11)14(21)16-7-13-18-19-15(22)20(13)3/h4-6,17H,7H2,1-3H3,(H,16,21)(H,19,22). The number of carbonyl (C=O) groups is 1. The maximum absolute atomic E-state index is 12.2. The van der Waals surface area contributed by atoms with Gasteiger partial charge in [-0.2, -0.15) is 5.10 Å². The highest BCUT2D eigenvalue weighted by molar-refractivity contribution is 5.99. The van der Waals surface area contributed by atoms with Gasteiger partial charge in [-0.25, -0.2) is 9.89 Å². The first-order chi connectivity index (χ1) is 10.5. The number of H-pyrrole nitrogens is 2. The van der Waals surface area contributed by atoms with Gasteiger partial charge in [-0.15, -0.1) is 0 Å². The van der Waals surface area contributed by atoms with Crippen LogP contribution in [0.5, 0.6) is 0 Å². The van der Waals surface area contributed by atoms with E-state index in [9.17, 15) is 9.59 Å². The zero-order valence-corrected chi connectivity index (χ0v) is 12.7. The number of nitrogens with zero attached hydrogens (tertiary/aromatic N) is 2. The third-order valence-electron chi connectivity index (χ3n) is 3.97. The molecule has 0 saturated carbocycles. The Bertz CT molecular complexity index is 916. The van der Waals surface area contributed by atoms with Crippen LogP contribution in [0.15, 0.2) is 23.0 Å². The molecular formula is C15H17N5O2. The monoisotopic (exact) mass is 299 g/mol. The molecule has 0 atom stereocenters. The molecule has 0 unspecified atom stereocenters. The van der Waals surface area contributed by atoms with Crippen LogP contribution in [0, 0.1) is 13.8 Å². The lowest BCUT2D eigenvalue weighted by molar-refractivity contribution is 0.0945. The first-order valence-electron chi connectivity index (χ1n) is 6.95. The number of hydrogen-bond acceptors (Lipinski definition) is 3. The van der Waals surface area contributed by atoms with Gasteiger partial charge in [-0.05, 0) is 37.1 Å². The van der Waals surface area contributed by atoms with Crippen molar-refractivity contribution in [2.45, 2.75) is 20.4 Å². The second kappa shape index (κ2) is 5.18. The average Bonchev–Trinajstić information content (AvgIpc) is 3.07. The van der Waals surface area contributed by atoms with Crippen LogP contribution in [0.2, 0.25) is 0 Å². The highest BCUT2D eigenvalue weighted by atomic mass is 16.2. The third-order valence-corrected chi connectivity index (χ3v) is 3.97. The van der Waals surface area contributed by atoms with Crippen molar-refractivity contribution in [1.82, 2.24) is 25.1 Å². The molecular weight excluding hydrogens is 282 g/mol. The number of benzene rings is 1. The fraction of sp³-hybridized carbons (Fsp3) is 0.267. The number of rotatable bonds is 3. The van der Waals surface area contributed by atoms with E-state index < -0.39 is 0 Å². The van der Waals surface area contributed by atoms with Crippen LogP contribution in [-0.2, 0) is 13.6 Å². The van der Waals surface area contributed by atoms with E-state index in [1.165, 1.54) is 10.1 Å². The molecule has 3 aromatic rings. The Balaban J connectivity index is 1.82. The van der Waals surface area contributed by atoms with E-state index in [1.807, 2.05) is 32.0 Å². The maximum atomic E-state index is 12.2. The summed E-state index contributed by atoms with van der Waals surface area (Å²) in [4.78, 5) is 26.6. The molecule has 0 aliphatic heterocycles. The highest BCUT2D eigenvalue weighted by Gasteiger charge is 2.12. The number of amides is 1. The van der Waals surface area contributed by atoms with Crippen molar-refractivity contribution in [1.29, 1.82) is 0 Å². The summed E-state index contributed by atoms with van der Waals surface area (Å²) < 4.78 is 1.36. The van der Waals surface area contributed by atoms with E-state index in [1.54, 1.807) is 7.05 Å². The SMILES string of the molecule is Cc1ccc2[nH]c(C(=O)NCc3n[nH]c(=O)n3C)cc2c1C. The van der Waals surface area contributed by atoms with Gasteiger partial charge in [0.05, 0.1) is 6.54 Å². The normalized spacial score (nSPS) is 11.0. The third kappa shape index (κ3) is 2.30. The van der Waals surface area contributed by atoms with Crippen LogP contribution in [0.3, 0.4) is 0 Å². The number of aromatic nitrogens is 4. The summed E-state index contributed by atoms with van der Waals surface area (Å²) in [5.74, 6) is 0.241. The van der Waals surface area contributed by atoms with Crippen molar-refractivity contribution in [3.8, 4) is 0 Å². The van der Waals surface area contributed by atoms with Gasteiger partial charge in [0.15, 0.2) is 5.82 Å². The topological polar surface area (TPSA) is 95.6 Å². The average molecular weight is 299 g/mol. The fourth-order valence-electron chi connectivity index (χ4n) is 2.37. The molecule has 0 bridgehead atoms. The molecule has 0 aliphatic rings. The maximum Gasteiger partial charge on any atom is 0.343 e. The summed E-state index contributed by atoms with van der Waals surface area (Å²) in [5.41, 5.74) is 3.46. The largest absolute Gasteiger partial charge is 0.351 e. The quantitative estimate of drug-likeness (QED) is 0.676. The van der Waals surface area contributed by atoms with Crippen LogP contribution in [-0.4, -0.2) is 25.7 Å². The van der Waals surface area contributed by atoms with Crippen molar-refractivity contribution < 1.29 is 4.79 Å². The van der Waals surface area contributed by atoms with E-state index in [0.717, 1.165) is 16.5 Å². The summed E-state index contributed by atoms with van der Waals surface area (Å²) in [7, 11) is 1.60. The van der Waals surface area contributed by atoms with Gasteiger partial charge in [-0.3, -0.25) is 9.36 Å². The molecule has 3 rings (SSSR count). The molecule has 0 aliphatic carbocycles. The van der Waals surface area contributed by atoms with Gasteiger partial charge in [0.2, 0.25) is 0 Å². The fourth-order valence-corrected chi connectivity index (χ4v) is 2.37. The molecule has 7 heteroatoms. The number of carbonyl (C=O) groups excluding carboxylic acids is 1. The molecule has 0 spiro atoms. The van der Waals surface area contributed by atoms with Gasteiger partial charge < -0.3 is 10.3 Å². The molecule has 0 radical (unpaired) electrons. The Morgan fingerprint density at radius 2 is 2.14 bits per heavy atom. The Labute approximate surface area is 126 Å². The number of nitrogens with one attached hydrogen (secondary N) is 3. The number of aromatic amines is 2. The molecule has 2 heterocycles. The molecule has 7 nitrogen and oxygen atoms in total. The number of fused-ring (bicyclic) bond motifs is 1. The molecule has 0 saturated heterocycles. The van der Waals surface area contributed by atoms with Crippen LogP contribution >= 0.6 is 0 Å². The van der Waals surface area contributed by atoms with E-state index in [-0.39, 0.29) is 18.1 Å². The molecule has 3 N–H and O–H groups in total. The van der Waals surface area contributed by atoms with Gasteiger partial charge in [0, 0.05) is 18.0 Å². The van der Waals surface area contributed by atoms with Crippen LogP contribution in [0.4, 0.5) is 0 Å². The predicted octanol–water partition coefficient (Wildman–Crippen LogP) is 1.14. The van der Waals surface area contributed by atoms with Gasteiger partial charge >= 0.3 is 5.69 Å².